The van der Waals surface area contributed by atoms with Crippen molar-refractivity contribution in [2.45, 2.75) is 231 Å². The first-order valence-electron chi connectivity index (χ1n) is 25.7. The van der Waals surface area contributed by atoms with Gasteiger partial charge < -0.3 is 44.6 Å². The molecule has 0 aromatic heterocycles. The molecule has 0 amide bonds. The lowest BCUT2D eigenvalue weighted by molar-refractivity contribution is -0.160. The van der Waals surface area contributed by atoms with E-state index in [-0.39, 0.29) is 31.1 Å². The zero-order chi connectivity index (χ0) is 49.8. The zero-order valence-corrected chi connectivity index (χ0v) is 43.0. The van der Waals surface area contributed by atoms with Crippen molar-refractivity contribution in [3.05, 3.63) is 24.3 Å². The Morgan fingerprint density at radius 1 is 0.642 bits per heavy atom. The van der Waals surface area contributed by atoms with Gasteiger partial charge in [0.25, 0.3) is 0 Å². The van der Waals surface area contributed by atoms with E-state index in [2.05, 4.69) is 25.3 Å². The standard InChI is InChI=1S/C49H92O16P2/c1-4-6-23-29-41(50)33-34-45-44(46(52)35-47(45)53)30-26-27-31-48(54)61-38-43(39-64-67(59,60)63-37-42(51)36-62-66(56,57)58)65-49(55)32-25-22-20-18-16-14-12-10-8-7-9-11-13-15-17-19-21-24-28-40(3)5-2/h26-27,33-34,40-47,50-53H,4-25,28-32,35-39H2,1-3H3,(H,59,60)(H2,56,57,58)/b27-26-,34-33+/t40?,41-,42+,43-,44+,45-,46+,47-/m1/s1. The molecule has 0 aliphatic heterocycles. The minimum Gasteiger partial charge on any atom is -0.461 e. The van der Waals surface area contributed by atoms with Crippen LogP contribution in [-0.2, 0) is 41.8 Å². The summed E-state index contributed by atoms with van der Waals surface area (Å²) in [4.78, 5) is 53.2. The van der Waals surface area contributed by atoms with Gasteiger partial charge in [-0.25, -0.2) is 9.13 Å². The van der Waals surface area contributed by atoms with E-state index in [0.29, 0.717) is 19.3 Å². The van der Waals surface area contributed by atoms with Crippen molar-refractivity contribution in [2.75, 3.05) is 26.4 Å². The van der Waals surface area contributed by atoms with Crippen LogP contribution in [0.1, 0.15) is 201 Å². The third kappa shape index (κ3) is 36.1. The molecule has 1 rings (SSSR count). The number of hydrogen-bond donors (Lipinski definition) is 7. The van der Waals surface area contributed by atoms with Gasteiger partial charge in [0, 0.05) is 18.8 Å². The molecule has 18 heteroatoms. The van der Waals surface area contributed by atoms with Gasteiger partial charge in [-0.15, -0.1) is 0 Å². The fourth-order valence-electron chi connectivity index (χ4n) is 8.12. The number of phosphoric ester groups is 2. The number of rotatable bonds is 44. The highest BCUT2D eigenvalue weighted by atomic mass is 31.2. The Labute approximate surface area is 402 Å². The highest BCUT2D eigenvalue weighted by molar-refractivity contribution is 7.47. The molecule has 0 aromatic carbocycles. The van der Waals surface area contributed by atoms with Crippen molar-refractivity contribution in [1.29, 1.82) is 0 Å². The highest BCUT2D eigenvalue weighted by Crippen LogP contribution is 2.44. The van der Waals surface area contributed by atoms with Gasteiger partial charge in [-0.3, -0.25) is 23.2 Å². The summed E-state index contributed by atoms with van der Waals surface area (Å²) in [5.41, 5.74) is 0. The Bertz CT molecular complexity index is 1410. The number of hydrogen-bond acceptors (Lipinski definition) is 13. The molecule has 1 aliphatic carbocycles. The minimum absolute atomic E-state index is 0.0698. The maximum absolute atomic E-state index is 12.8. The topological polar surface area (TPSA) is 256 Å². The van der Waals surface area contributed by atoms with Gasteiger partial charge in [0.05, 0.1) is 44.6 Å². The smallest absolute Gasteiger partial charge is 0.461 e. The summed E-state index contributed by atoms with van der Waals surface area (Å²) in [6.07, 6.45) is 30.0. The van der Waals surface area contributed by atoms with Crippen molar-refractivity contribution >= 4 is 27.6 Å². The van der Waals surface area contributed by atoms with E-state index in [1.807, 2.05) is 0 Å². The van der Waals surface area contributed by atoms with E-state index >= 15 is 0 Å². The first-order chi connectivity index (χ1) is 32.0. The molecule has 0 radical (unpaired) electrons. The molecular formula is C49H92O16P2. The van der Waals surface area contributed by atoms with E-state index in [9.17, 15) is 44.0 Å². The second kappa shape index (κ2) is 39.1. The molecule has 16 nitrogen and oxygen atoms in total. The normalized spacial score (nSPS) is 20.6. The van der Waals surface area contributed by atoms with Gasteiger partial charge in [-0.2, -0.15) is 0 Å². The lowest BCUT2D eigenvalue weighted by Gasteiger charge is -2.20. The predicted molar refractivity (Wildman–Crippen MR) is 260 cm³/mol. The van der Waals surface area contributed by atoms with Gasteiger partial charge >= 0.3 is 27.6 Å². The molecule has 0 aromatic rings. The van der Waals surface area contributed by atoms with Crippen LogP contribution in [0.15, 0.2) is 24.3 Å². The van der Waals surface area contributed by atoms with Crippen LogP contribution in [-0.4, -0.2) is 104 Å². The molecule has 7 N–H and O–H groups in total. The fraction of sp³-hybridized carbons (Fsp3) is 0.878. The van der Waals surface area contributed by atoms with Crippen LogP contribution < -0.4 is 0 Å². The van der Waals surface area contributed by atoms with E-state index in [4.69, 9.17) is 28.3 Å². The van der Waals surface area contributed by atoms with Crippen LogP contribution in [0, 0.1) is 17.8 Å². The summed E-state index contributed by atoms with van der Waals surface area (Å²) in [5, 5.41) is 41.2. The number of carbonyl (C=O) groups is 2. The van der Waals surface area contributed by atoms with Crippen LogP contribution in [0.2, 0.25) is 0 Å². The molecule has 0 heterocycles. The molecule has 67 heavy (non-hydrogen) atoms. The van der Waals surface area contributed by atoms with Gasteiger partial charge in [-0.05, 0) is 31.1 Å². The summed E-state index contributed by atoms with van der Waals surface area (Å²) in [7, 11) is -9.79. The van der Waals surface area contributed by atoms with Crippen LogP contribution in [0.5, 0.6) is 0 Å². The van der Waals surface area contributed by atoms with Gasteiger partial charge in [0.2, 0.25) is 0 Å². The van der Waals surface area contributed by atoms with Crippen LogP contribution >= 0.6 is 15.6 Å². The Kier molecular flexibility index (Phi) is 37.1. The number of aliphatic hydroxyl groups is 4. The average Bonchev–Trinajstić information content (AvgIpc) is 3.55. The molecule has 1 aliphatic rings. The molecular weight excluding hydrogens is 906 g/mol. The Balaban J connectivity index is 2.47. The summed E-state index contributed by atoms with van der Waals surface area (Å²) >= 11 is 0. The van der Waals surface area contributed by atoms with Gasteiger partial charge in [0.15, 0.2) is 6.10 Å². The molecule has 2 unspecified atom stereocenters. The second-order valence-electron chi connectivity index (χ2n) is 18.7. The monoisotopic (exact) mass is 999 g/mol. The number of unbranched alkanes of at least 4 members (excludes halogenated alkanes) is 19. The molecule has 9 atom stereocenters. The van der Waals surface area contributed by atoms with Crippen molar-refractivity contribution in [3.63, 3.8) is 0 Å². The maximum atomic E-state index is 12.8. The average molecular weight is 999 g/mol. The third-order valence-corrected chi connectivity index (χ3v) is 13.9. The number of ether oxygens (including phenoxy) is 2. The molecule has 0 saturated heterocycles. The lowest BCUT2D eigenvalue weighted by atomic mass is 9.89. The number of phosphoric acid groups is 2. The summed E-state index contributed by atoms with van der Waals surface area (Å²) in [5.74, 6) is -1.15. The predicted octanol–water partition coefficient (Wildman–Crippen LogP) is 10.1. The van der Waals surface area contributed by atoms with E-state index in [0.717, 1.165) is 50.9 Å². The van der Waals surface area contributed by atoms with E-state index in [1.165, 1.54) is 96.3 Å². The van der Waals surface area contributed by atoms with Gasteiger partial charge in [0.1, 0.15) is 12.7 Å². The first-order valence-corrected chi connectivity index (χ1v) is 28.7. The molecule has 1 fully saturated rings. The molecule has 0 spiro atoms. The lowest BCUT2D eigenvalue weighted by Crippen LogP contribution is -2.29. The Morgan fingerprint density at radius 2 is 1.16 bits per heavy atom. The number of aliphatic hydroxyl groups excluding tert-OH is 4. The highest BCUT2D eigenvalue weighted by Gasteiger charge is 2.39. The Hall–Kier alpha value is -1.52. The molecule has 394 valence electrons. The van der Waals surface area contributed by atoms with E-state index in [1.54, 1.807) is 24.3 Å². The van der Waals surface area contributed by atoms with Crippen molar-refractivity contribution < 1.29 is 76.9 Å². The maximum Gasteiger partial charge on any atom is 0.472 e. The Morgan fingerprint density at radius 3 is 1.72 bits per heavy atom. The number of allylic oxidation sites excluding steroid dienone is 1. The number of esters is 2. The quantitative estimate of drug-likeness (QED) is 0.0130. The van der Waals surface area contributed by atoms with Gasteiger partial charge in [-0.1, -0.05) is 186 Å². The summed E-state index contributed by atoms with van der Waals surface area (Å²) < 4.78 is 47.9. The summed E-state index contributed by atoms with van der Waals surface area (Å²) in [6.45, 7) is 3.70. The van der Waals surface area contributed by atoms with Crippen molar-refractivity contribution in [1.82, 2.24) is 0 Å². The van der Waals surface area contributed by atoms with Crippen molar-refractivity contribution in [3.8, 4) is 0 Å². The first kappa shape index (κ1) is 63.5. The second-order valence-corrected chi connectivity index (χ2v) is 21.4. The minimum atomic E-state index is -4.90. The zero-order valence-electron chi connectivity index (χ0n) is 41.3. The largest absolute Gasteiger partial charge is 0.472 e. The van der Waals surface area contributed by atoms with Crippen LogP contribution in [0.4, 0.5) is 0 Å². The molecule has 0 bridgehead atoms. The third-order valence-electron chi connectivity index (χ3n) is 12.5. The van der Waals surface area contributed by atoms with Crippen molar-refractivity contribution in [2.24, 2.45) is 17.8 Å². The number of carbonyl (C=O) groups excluding carboxylic acids is 2. The summed E-state index contributed by atoms with van der Waals surface area (Å²) in [6, 6.07) is 0. The fourth-order valence-corrected chi connectivity index (χ4v) is 9.28. The van der Waals surface area contributed by atoms with Crippen LogP contribution in [0.3, 0.4) is 0 Å². The van der Waals surface area contributed by atoms with Crippen LogP contribution in [0.25, 0.3) is 0 Å². The SMILES string of the molecule is CCCCC[C@@H](O)/C=C/[C@@H]1[C@H](C/C=C\CC(=O)OC[C@H](COP(=O)(O)OC[C@@H](O)COP(=O)(O)O)OC(=O)CCCCCCCCCCCCCCCCCCCCC(C)CC)[C@@H](O)C[C@H]1O. The molecule has 1 saturated carbocycles. The van der Waals surface area contributed by atoms with E-state index < -0.39 is 84.5 Å².